The highest BCUT2D eigenvalue weighted by atomic mass is 35.5. The van der Waals surface area contributed by atoms with Gasteiger partial charge in [0.2, 0.25) is 10.0 Å². The smallest absolute Gasteiger partial charge is 0.238 e. The Morgan fingerprint density at radius 3 is 2.37 bits per heavy atom. The molecule has 4 rings (SSSR count). The topological polar surface area (TPSA) is 88.8 Å². The number of hydrogen-bond acceptors (Lipinski definition) is 4. The predicted molar refractivity (Wildman–Crippen MR) is 108 cm³/mol. The van der Waals surface area contributed by atoms with Crippen LogP contribution in [0, 0.1) is 0 Å². The number of benzene rings is 2. The molecule has 0 bridgehead atoms. The van der Waals surface area contributed by atoms with Crippen molar-refractivity contribution in [2.75, 3.05) is 0 Å². The molecule has 0 atom stereocenters. The summed E-state index contributed by atoms with van der Waals surface area (Å²) in [5.41, 5.74) is 2.47. The molecule has 0 saturated heterocycles. The van der Waals surface area contributed by atoms with Crippen LogP contribution in [-0.4, -0.2) is 18.4 Å². The molecule has 0 radical (unpaired) electrons. The van der Waals surface area contributed by atoms with Gasteiger partial charge in [0, 0.05) is 26.4 Å². The van der Waals surface area contributed by atoms with E-state index >= 15 is 0 Å². The summed E-state index contributed by atoms with van der Waals surface area (Å²) < 4.78 is 23.0. The molecule has 0 aliphatic rings. The maximum atomic E-state index is 11.5. The Balaban J connectivity index is 1.83. The number of nitrogens with zero attached hydrogens (tertiary/aromatic N) is 1. The minimum atomic E-state index is -3.73. The minimum absolute atomic E-state index is 0.0763. The zero-order valence-corrected chi connectivity index (χ0v) is 16.3. The fraction of sp³-hybridized carbons (Fsp3) is 0. The standard InChI is InChI=1S/C19H14ClN3O2S2/c20-13-5-7-14(8-6-13)26-18-16-2-1-11-22-19(16)23-17(18)12-3-9-15(10-4-12)27(21,24)25/h1-11H,(H,22,23)(H2,21,24,25). The summed E-state index contributed by atoms with van der Waals surface area (Å²) in [6, 6.07) is 17.9. The largest absolute Gasteiger partial charge is 0.338 e. The predicted octanol–water partition coefficient (Wildman–Crippen LogP) is 4.68. The van der Waals surface area contributed by atoms with Crippen molar-refractivity contribution in [3.8, 4) is 11.3 Å². The summed E-state index contributed by atoms with van der Waals surface area (Å²) in [6.45, 7) is 0. The number of hydrogen-bond donors (Lipinski definition) is 2. The zero-order valence-electron chi connectivity index (χ0n) is 13.9. The van der Waals surface area contributed by atoms with E-state index in [4.69, 9.17) is 16.7 Å². The molecule has 5 nitrogen and oxygen atoms in total. The zero-order chi connectivity index (χ0) is 19.0. The summed E-state index contributed by atoms with van der Waals surface area (Å²) in [5, 5.41) is 6.86. The highest BCUT2D eigenvalue weighted by molar-refractivity contribution is 7.99. The van der Waals surface area contributed by atoms with E-state index in [9.17, 15) is 8.42 Å². The van der Waals surface area contributed by atoms with Crippen LogP contribution in [0.15, 0.2) is 81.5 Å². The molecule has 27 heavy (non-hydrogen) atoms. The van der Waals surface area contributed by atoms with E-state index in [0.29, 0.717) is 5.02 Å². The fourth-order valence-electron chi connectivity index (χ4n) is 2.74. The van der Waals surface area contributed by atoms with Crippen LogP contribution in [0.4, 0.5) is 0 Å². The van der Waals surface area contributed by atoms with E-state index in [2.05, 4.69) is 9.97 Å². The third kappa shape index (κ3) is 3.72. The van der Waals surface area contributed by atoms with Gasteiger partial charge in [-0.15, -0.1) is 0 Å². The summed E-state index contributed by atoms with van der Waals surface area (Å²) >= 11 is 7.57. The lowest BCUT2D eigenvalue weighted by atomic mass is 10.1. The molecule has 0 aliphatic heterocycles. The number of rotatable bonds is 4. The van der Waals surface area contributed by atoms with Crippen molar-refractivity contribution in [3.63, 3.8) is 0 Å². The lowest BCUT2D eigenvalue weighted by molar-refractivity contribution is 0.598. The van der Waals surface area contributed by atoms with Gasteiger partial charge in [-0.2, -0.15) is 0 Å². The van der Waals surface area contributed by atoms with Crippen LogP contribution >= 0.6 is 23.4 Å². The van der Waals surface area contributed by atoms with Gasteiger partial charge in [0.1, 0.15) is 5.65 Å². The maximum absolute atomic E-state index is 11.5. The van der Waals surface area contributed by atoms with Crippen LogP contribution in [0.1, 0.15) is 0 Å². The van der Waals surface area contributed by atoms with Crippen molar-refractivity contribution in [2.45, 2.75) is 14.7 Å². The van der Waals surface area contributed by atoms with Crippen molar-refractivity contribution in [3.05, 3.63) is 71.9 Å². The van der Waals surface area contributed by atoms with Gasteiger partial charge in [-0.25, -0.2) is 18.5 Å². The lowest BCUT2D eigenvalue weighted by Gasteiger charge is -2.06. The molecule has 0 amide bonds. The number of aromatic amines is 1. The molecule has 136 valence electrons. The van der Waals surface area contributed by atoms with Gasteiger partial charge < -0.3 is 4.98 Å². The Kier molecular flexibility index (Phi) is 4.69. The Bertz CT molecular complexity index is 1220. The quantitative estimate of drug-likeness (QED) is 0.506. The van der Waals surface area contributed by atoms with Gasteiger partial charge in [-0.05, 0) is 54.1 Å². The Morgan fingerprint density at radius 1 is 1.00 bits per heavy atom. The highest BCUT2D eigenvalue weighted by Crippen LogP contribution is 2.41. The first-order valence-corrected chi connectivity index (χ1v) is 10.7. The molecule has 2 aromatic heterocycles. The number of primary sulfonamides is 1. The summed E-state index contributed by atoms with van der Waals surface area (Å²) in [4.78, 5) is 9.84. The van der Waals surface area contributed by atoms with E-state index in [1.807, 2.05) is 36.4 Å². The van der Waals surface area contributed by atoms with Crippen LogP contribution in [0.2, 0.25) is 5.02 Å². The number of nitrogens with one attached hydrogen (secondary N) is 1. The number of fused-ring (bicyclic) bond motifs is 1. The van der Waals surface area contributed by atoms with E-state index in [0.717, 1.165) is 32.1 Å². The van der Waals surface area contributed by atoms with Crippen molar-refractivity contribution in [1.82, 2.24) is 9.97 Å². The van der Waals surface area contributed by atoms with E-state index < -0.39 is 10.0 Å². The van der Waals surface area contributed by atoms with Crippen LogP contribution in [0.25, 0.3) is 22.3 Å². The second-order valence-electron chi connectivity index (χ2n) is 5.85. The molecule has 4 aromatic rings. The number of pyridine rings is 1. The maximum Gasteiger partial charge on any atom is 0.238 e. The molecule has 0 unspecified atom stereocenters. The van der Waals surface area contributed by atoms with Crippen molar-refractivity contribution in [2.24, 2.45) is 5.14 Å². The molecular formula is C19H14ClN3O2S2. The van der Waals surface area contributed by atoms with E-state index in [1.165, 1.54) is 12.1 Å². The van der Waals surface area contributed by atoms with Crippen LogP contribution in [-0.2, 0) is 10.0 Å². The first kappa shape index (κ1) is 18.1. The molecule has 0 saturated carbocycles. The van der Waals surface area contributed by atoms with Crippen molar-refractivity contribution in [1.29, 1.82) is 0 Å². The van der Waals surface area contributed by atoms with E-state index in [1.54, 1.807) is 30.1 Å². The number of nitrogens with two attached hydrogens (primary N) is 1. The van der Waals surface area contributed by atoms with Gasteiger partial charge in [0.15, 0.2) is 0 Å². The average Bonchev–Trinajstić information content (AvgIpc) is 3.02. The number of H-pyrrole nitrogens is 1. The van der Waals surface area contributed by atoms with Gasteiger partial charge >= 0.3 is 0 Å². The van der Waals surface area contributed by atoms with Crippen molar-refractivity contribution < 1.29 is 8.42 Å². The molecule has 2 aromatic carbocycles. The molecule has 3 N–H and O–H groups in total. The van der Waals surface area contributed by atoms with E-state index in [-0.39, 0.29) is 4.90 Å². The Morgan fingerprint density at radius 2 is 1.70 bits per heavy atom. The molecule has 0 spiro atoms. The first-order chi connectivity index (χ1) is 12.9. The second kappa shape index (κ2) is 7.01. The number of halogens is 1. The van der Waals surface area contributed by atoms with Gasteiger partial charge in [-0.1, -0.05) is 35.5 Å². The fourth-order valence-corrected chi connectivity index (χ4v) is 4.43. The van der Waals surface area contributed by atoms with Gasteiger partial charge in [-0.3, -0.25) is 0 Å². The Labute approximate surface area is 165 Å². The molecule has 0 aliphatic carbocycles. The monoisotopic (exact) mass is 415 g/mol. The second-order valence-corrected chi connectivity index (χ2v) is 8.94. The highest BCUT2D eigenvalue weighted by Gasteiger charge is 2.16. The number of aromatic nitrogens is 2. The average molecular weight is 416 g/mol. The Hall–Kier alpha value is -2.32. The molecule has 2 heterocycles. The SMILES string of the molecule is NS(=O)(=O)c1ccc(-c2[nH]c3ncccc3c2Sc2ccc(Cl)cc2)cc1. The molecular weight excluding hydrogens is 402 g/mol. The van der Waals surface area contributed by atoms with Crippen LogP contribution in [0.3, 0.4) is 0 Å². The summed E-state index contributed by atoms with van der Waals surface area (Å²) in [6.07, 6.45) is 1.73. The molecule has 8 heteroatoms. The third-order valence-corrected chi connectivity index (χ3v) is 6.35. The lowest BCUT2D eigenvalue weighted by Crippen LogP contribution is -2.11. The minimum Gasteiger partial charge on any atom is -0.338 e. The normalized spacial score (nSPS) is 11.8. The van der Waals surface area contributed by atoms with Gasteiger partial charge in [0.25, 0.3) is 0 Å². The number of sulfonamides is 1. The van der Waals surface area contributed by atoms with Crippen LogP contribution < -0.4 is 5.14 Å². The summed E-state index contributed by atoms with van der Waals surface area (Å²) in [5.74, 6) is 0. The summed E-state index contributed by atoms with van der Waals surface area (Å²) in [7, 11) is -3.73. The molecule has 0 fully saturated rings. The van der Waals surface area contributed by atoms with Crippen molar-refractivity contribution >= 4 is 44.4 Å². The van der Waals surface area contributed by atoms with Crippen LogP contribution in [0.5, 0.6) is 0 Å². The first-order valence-electron chi connectivity index (χ1n) is 7.95. The third-order valence-electron chi connectivity index (χ3n) is 4.03. The van der Waals surface area contributed by atoms with Gasteiger partial charge in [0.05, 0.1) is 10.6 Å².